The molecule has 2 amide bonds. The second kappa shape index (κ2) is 14.1. The third-order valence-electron chi connectivity index (χ3n) is 6.13. The summed E-state index contributed by atoms with van der Waals surface area (Å²) in [6, 6.07) is 16.9. The van der Waals surface area contributed by atoms with Crippen molar-refractivity contribution >= 4 is 62.5 Å². The molecule has 0 fully saturated rings. The molecule has 0 spiro atoms. The lowest BCUT2D eigenvalue weighted by molar-refractivity contribution is -0.139. The topological polar surface area (TPSA) is 96.0 Å². The number of likely N-dealkylation sites (N-methyl/N-ethyl adjacent to an activating group) is 1. The maximum absolute atomic E-state index is 14.0. The summed E-state index contributed by atoms with van der Waals surface area (Å²) in [5.74, 6) is -0.735. The van der Waals surface area contributed by atoms with Crippen LogP contribution in [0.4, 0.5) is 5.69 Å². The van der Waals surface area contributed by atoms with Crippen LogP contribution in [0, 0.1) is 0 Å². The van der Waals surface area contributed by atoms with Crippen LogP contribution in [0.25, 0.3) is 0 Å². The van der Waals surface area contributed by atoms with E-state index in [9.17, 15) is 18.0 Å². The number of anilines is 1. The number of hydrogen-bond acceptors (Lipinski definition) is 6. The van der Waals surface area contributed by atoms with Crippen molar-refractivity contribution in [3.63, 3.8) is 0 Å². The van der Waals surface area contributed by atoms with Crippen LogP contribution >= 0.6 is 35.0 Å². The zero-order chi connectivity index (χ0) is 29.4. The molecule has 214 valence electrons. The summed E-state index contributed by atoms with van der Waals surface area (Å²) in [6.07, 6.45) is 1.89. The summed E-state index contributed by atoms with van der Waals surface area (Å²) in [6.45, 7) is 2.99. The molecule has 0 saturated carbocycles. The molecule has 0 radical (unpaired) electrons. The fourth-order valence-corrected chi connectivity index (χ4v) is 6.26. The molecular formula is C28H31Cl2N3O5S2. The molecule has 0 unspecified atom stereocenters. The Kier molecular flexibility index (Phi) is 11.2. The number of rotatable bonds is 12. The molecule has 0 aliphatic rings. The van der Waals surface area contributed by atoms with Gasteiger partial charge in [0.15, 0.2) is 0 Å². The molecule has 0 aliphatic carbocycles. The maximum atomic E-state index is 14.0. The minimum atomic E-state index is -4.23. The average Bonchev–Trinajstić information content (AvgIpc) is 2.95. The van der Waals surface area contributed by atoms with Gasteiger partial charge in [-0.05, 0) is 74.2 Å². The van der Waals surface area contributed by atoms with Gasteiger partial charge in [-0.3, -0.25) is 13.9 Å². The Hall–Kier alpha value is -2.92. The Morgan fingerprint density at radius 3 is 2.33 bits per heavy atom. The first-order chi connectivity index (χ1) is 19.0. The van der Waals surface area contributed by atoms with Gasteiger partial charge < -0.3 is 15.0 Å². The van der Waals surface area contributed by atoms with Gasteiger partial charge >= 0.3 is 0 Å². The standard InChI is InChI=1S/C28H31Cl2N3O5S2/c1-5-38-26-9-7-6-8-25(26)33(40(36,37)23-14-12-22(39-4)13-15-23)18-27(34)32(19(2)28(35)31-3)17-20-10-11-21(29)16-24(20)30/h6-16,19H,5,17-18H2,1-4H3,(H,31,35)/t19-/m1/s1. The van der Waals surface area contributed by atoms with Crippen molar-refractivity contribution in [3.05, 3.63) is 82.3 Å². The van der Waals surface area contributed by atoms with E-state index in [0.29, 0.717) is 21.4 Å². The van der Waals surface area contributed by atoms with Crippen LogP contribution in [0.15, 0.2) is 76.5 Å². The van der Waals surface area contributed by atoms with Gasteiger partial charge in [0, 0.05) is 28.5 Å². The Labute approximate surface area is 249 Å². The first-order valence-electron chi connectivity index (χ1n) is 12.4. The number of nitrogens with zero attached hydrogens (tertiary/aromatic N) is 2. The fraction of sp³-hybridized carbons (Fsp3) is 0.286. The molecule has 3 aromatic rings. The van der Waals surface area contributed by atoms with Crippen molar-refractivity contribution in [3.8, 4) is 5.75 Å². The van der Waals surface area contributed by atoms with Gasteiger partial charge in [0.25, 0.3) is 10.0 Å². The van der Waals surface area contributed by atoms with Crippen LogP contribution in [0.5, 0.6) is 5.75 Å². The van der Waals surface area contributed by atoms with E-state index in [1.54, 1.807) is 68.4 Å². The SMILES string of the molecule is CCOc1ccccc1N(CC(=O)N(Cc1ccc(Cl)cc1Cl)[C@H](C)C(=O)NC)S(=O)(=O)c1ccc(SC)cc1. The number of para-hydroxylation sites is 2. The number of carbonyl (C=O) groups excluding carboxylic acids is 2. The predicted octanol–water partition coefficient (Wildman–Crippen LogP) is 5.47. The van der Waals surface area contributed by atoms with Crippen molar-refractivity contribution in [1.29, 1.82) is 0 Å². The molecule has 40 heavy (non-hydrogen) atoms. The number of nitrogens with one attached hydrogen (secondary N) is 1. The van der Waals surface area contributed by atoms with Crippen LogP contribution < -0.4 is 14.4 Å². The zero-order valence-electron chi connectivity index (χ0n) is 22.6. The number of amides is 2. The maximum Gasteiger partial charge on any atom is 0.264 e. The second-order valence-electron chi connectivity index (χ2n) is 8.64. The van der Waals surface area contributed by atoms with E-state index < -0.39 is 34.4 Å². The summed E-state index contributed by atoms with van der Waals surface area (Å²) in [5, 5.41) is 3.28. The molecule has 0 aliphatic heterocycles. The number of hydrogen-bond donors (Lipinski definition) is 1. The van der Waals surface area contributed by atoms with Crippen molar-refractivity contribution in [2.75, 3.05) is 30.8 Å². The largest absolute Gasteiger partial charge is 0.492 e. The van der Waals surface area contributed by atoms with Gasteiger partial charge in [0.1, 0.15) is 18.3 Å². The van der Waals surface area contributed by atoms with E-state index in [1.807, 2.05) is 6.26 Å². The summed E-state index contributed by atoms with van der Waals surface area (Å²) in [4.78, 5) is 28.8. The number of ether oxygens (including phenoxy) is 1. The first-order valence-corrected chi connectivity index (χ1v) is 15.8. The van der Waals surface area contributed by atoms with Crippen molar-refractivity contribution in [1.82, 2.24) is 10.2 Å². The molecular weight excluding hydrogens is 593 g/mol. The molecule has 1 atom stereocenters. The Bertz CT molecular complexity index is 1450. The van der Waals surface area contributed by atoms with Gasteiger partial charge in [-0.25, -0.2) is 8.42 Å². The fourth-order valence-electron chi connectivity index (χ4n) is 3.95. The van der Waals surface area contributed by atoms with Crippen molar-refractivity contribution in [2.24, 2.45) is 0 Å². The molecule has 3 aromatic carbocycles. The smallest absolute Gasteiger partial charge is 0.264 e. The summed E-state index contributed by atoms with van der Waals surface area (Å²) in [5.41, 5.74) is 0.746. The zero-order valence-corrected chi connectivity index (χ0v) is 25.7. The normalized spacial score (nSPS) is 11.9. The van der Waals surface area contributed by atoms with Crippen LogP contribution in [-0.4, -0.2) is 57.6 Å². The highest BCUT2D eigenvalue weighted by atomic mass is 35.5. The molecule has 1 N–H and O–H groups in total. The average molecular weight is 625 g/mol. The number of halogens is 2. The van der Waals surface area contributed by atoms with E-state index in [1.165, 1.54) is 35.8 Å². The molecule has 0 heterocycles. The lowest BCUT2D eigenvalue weighted by Gasteiger charge is -2.32. The highest BCUT2D eigenvalue weighted by Gasteiger charge is 2.33. The van der Waals surface area contributed by atoms with Crippen molar-refractivity contribution < 1.29 is 22.7 Å². The quantitative estimate of drug-likeness (QED) is 0.269. The highest BCUT2D eigenvalue weighted by molar-refractivity contribution is 7.98. The minimum absolute atomic E-state index is 0.0102. The summed E-state index contributed by atoms with van der Waals surface area (Å²) in [7, 11) is -2.77. The number of carbonyl (C=O) groups is 2. The highest BCUT2D eigenvalue weighted by Crippen LogP contribution is 2.33. The van der Waals surface area contributed by atoms with E-state index in [0.717, 1.165) is 9.20 Å². The van der Waals surface area contributed by atoms with Gasteiger partial charge in [-0.1, -0.05) is 41.4 Å². The Morgan fingerprint density at radius 2 is 1.73 bits per heavy atom. The van der Waals surface area contributed by atoms with Crippen LogP contribution in [0.1, 0.15) is 19.4 Å². The lowest BCUT2D eigenvalue weighted by atomic mass is 10.1. The third-order valence-corrected chi connectivity index (χ3v) is 9.23. The van der Waals surface area contributed by atoms with Gasteiger partial charge in [-0.2, -0.15) is 0 Å². The van der Waals surface area contributed by atoms with Crippen LogP contribution in [0.3, 0.4) is 0 Å². The Morgan fingerprint density at radius 1 is 1.05 bits per heavy atom. The molecule has 0 bridgehead atoms. The summed E-state index contributed by atoms with van der Waals surface area (Å²) >= 11 is 13.9. The van der Waals surface area contributed by atoms with Crippen molar-refractivity contribution in [2.45, 2.75) is 36.2 Å². The minimum Gasteiger partial charge on any atom is -0.492 e. The second-order valence-corrected chi connectivity index (χ2v) is 12.2. The van der Waals surface area contributed by atoms with E-state index in [4.69, 9.17) is 27.9 Å². The van der Waals surface area contributed by atoms with Crippen LogP contribution in [0.2, 0.25) is 10.0 Å². The first kappa shape index (κ1) is 31.6. The molecule has 12 heteroatoms. The summed E-state index contributed by atoms with van der Waals surface area (Å²) < 4.78 is 34.8. The Balaban J connectivity index is 2.10. The predicted molar refractivity (Wildman–Crippen MR) is 161 cm³/mol. The van der Waals surface area contributed by atoms with E-state index >= 15 is 0 Å². The van der Waals surface area contributed by atoms with E-state index in [-0.39, 0.29) is 23.7 Å². The van der Waals surface area contributed by atoms with Crippen LogP contribution in [-0.2, 0) is 26.2 Å². The molecule has 0 aromatic heterocycles. The number of sulfonamides is 1. The molecule has 3 rings (SSSR count). The number of benzene rings is 3. The van der Waals surface area contributed by atoms with Gasteiger partial charge in [0.05, 0.1) is 17.2 Å². The molecule has 8 nitrogen and oxygen atoms in total. The lowest BCUT2D eigenvalue weighted by Crippen LogP contribution is -2.50. The van der Waals surface area contributed by atoms with E-state index in [2.05, 4.69) is 5.32 Å². The van der Waals surface area contributed by atoms with Gasteiger partial charge in [-0.15, -0.1) is 11.8 Å². The third kappa shape index (κ3) is 7.42. The number of thioether (sulfide) groups is 1. The van der Waals surface area contributed by atoms with Gasteiger partial charge in [0.2, 0.25) is 11.8 Å². The monoisotopic (exact) mass is 623 g/mol. The molecule has 0 saturated heterocycles.